The van der Waals surface area contributed by atoms with E-state index >= 15 is 0 Å². The summed E-state index contributed by atoms with van der Waals surface area (Å²) in [4.78, 5) is 13.5. The third-order valence-electron chi connectivity index (χ3n) is 6.66. The Bertz CT molecular complexity index is 1520. The van der Waals surface area contributed by atoms with E-state index in [0.29, 0.717) is 12.4 Å². The van der Waals surface area contributed by atoms with Gasteiger partial charge in [0.15, 0.2) is 11.6 Å². The first-order chi connectivity index (χ1) is 20.7. The highest BCUT2D eigenvalue weighted by Gasteiger charge is 2.24. The Morgan fingerprint density at radius 3 is 2.47 bits per heavy atom. The molecule has 3 heterocycles. The minimum Gasteiger partial charge on any atom is -0.401 e. The first-order valence-corrected chi connectivity index (χ1v) is 14.8. The number of halogens is 2. The molecule has 7 N–H and O–H groups in total. The summed E-state index contributed by atoms with van der Waals surface area (Å²) in [5.41, 5.74) is 15.9. The van der Waals surface area contributed by atoms with Crippen LogP contribution in [0.1, 0.15) is 37.3 Å². The Balaban J connectivity index is 0.000000225. The number of hydrogen-bond donors (Lipinski definition) is 4. The average Bonchev–Trinajstić information content (AvgIpc) is 3.72. The number of anilines is 1. The van der Waals surface area contributed by atoms with E-state index in [0.717, 1.165) is 65.2 Å². The van der Waals surface area contributed by atoms with Crippen LogP contribution in [-0.4, -0.2) is 50.1 Å². The van der Waals surface area contributed by atoms with Gasteiger partial charge in [0.1, 0.15) is 11.5 Å². The quantitative estimate of drug-likeness (QED) is 0.209. The van der Waals surface area contributed by atoms with Crippen LogP contribution in [0.5, 0.6) is 0 Å². The number of rotatable bonds is 7. The van der Waals surface area contributed by atoms with E-state index in [-0.39, 0.29) is 5.92 Å². The molecule has 0 aliphatic carbocycles. The third-order valence-corrected chi connectivity index (χ3v) is 7.09. The number of primary amides is 1. The summed E-state index contributed by atoms with van der Waals surface area (Å²) in [6.07, 6.45) is 4.53. The zero-order valence-corrected chi connectivity index (χ0v) is 25.6. The minimum absolute atomic E-state index is 0.230. The molecule has 2 amide bonds. The van der Waals surface area contributed by atoms with E-state index in [1.165, 1.54) is 12.1 Å². The molecule has 1 saturated heterocycles. The summed E-state index contributed by atoms with van der Waals surface area (Å²) in [5, 5.41) is 18.5. The predicted octanol–water partition coefficient (Wildman–Crippen LogP) is 5.26. The van der Waals surface area contributed by atoms with Crippen molar-refractivity contribution in [3.63, 3.8) is 0 Å². The summed E-state index contributed by atoms with van der Waals surface area (Å²) >= 11 is 1.09. The normalized spacial score (nSPS) is 14.9. The van der Waals surface area contributed by atoms with Gasteiger partial charge in [0.05, 0.1) is 11.9 Å². The lowest BCUT2D eigenvalue weighted by Crippen LogP contribution is -2.25. The Labute approximate surface area is 255 Å². The van der Waals surface area contributed by atoms with Crippen molar-refractivity contribution in [2.45, 2.75) is 33.1 Å². The number of benzene rings is 2. The van der Waals surface area contributed by atoms with Gasteiger partial charge >= 0.3 is 6.03 Å². The number of carbonyl (C=O) groups excluding carboxylic acids is 1. The first kappa shape index (κ1) is 33.3. The Hall–Kier alpha value is -4.20. The molecular formula is C30H39F2N9OS. The number of likely N-dealkylation sites (tertiary alicyclic amines) is 1. The second-order valence-electron chi connectivity index (χ2n) is 9.68. The van der Waals surface area contributed by atoms with Gasteiger partial charge in [-0.15, -0.1) is 0 Å². The molecule has 1 aliphatic rings. The van der Waals surface area contributed by atoms with E-state index in [4.69, 9.17) is 16.6 Å². The number of aryl methyl sites for hydroxylation is 1. The lowest BCUT2D eigenvalue weighted by atomic mass is 9.98. The van der Waals surface area contributed by atoms with E-state index in [1.807, 2.05) is 64.3 Å². The van der Waals surface area contributed by atoms with Crippen LogP contribution in [0.2, 0.25) is 0 Å². The van der Waals surface area contributed by atoms with Crippen LogP contribution in [0.3, 0.4) is 0 Å². The summed E-state index contributed by atoms with van der Waals surface area (Å²) in [6, 6.07) is 13.1. The number of urea groups is 1. The van der Waals surface area contributed by atoms with Crippen molar-refractivity contribution in [1.82, 2.24) is 24.5 Å². The fourth-order valence-electron chi connectivity index (χ4n) is 4.73. The van der Waals surface area contributed by atoms with Crippen molar-refractivity contribution in [3.05, 3.63) is 94.8 Å². The lowest BCUT2D eigenvalue weighted by molar-refractivity contribution is 0.259. The van der Waals surface area contributed by atoms with Gasteiger partial charge in [-0.2, -0.15) is 10.2 Å². The summed E-state index contributed by atoms with van der Waals surface area (Å²) < 4.78 is 29.5. The summed E-state index contributed by atoms with van der Waals surface area (Å²) in [5.74, 6) is -0.799. The highest BCUT2D eigenvalue weighted by atomic mass is 32.2. The molecule has 0 saturated carbocycles. The number of para-hydroxylation sites is 1. The van der Waals surface area contributed by atoms with Crippen LogP contribution < -0.4 is 21.9 Å². The lowest BCUT2D eigenvalue weighted by Gasteiger charge is -2.16. The Morgan fingerprint density at radius 1 is 1.14 bits per heavy atom. The third kappa shape index (κ3) is 8.89. The van der Waals surface area contributed by atoms with Crippen molar-refractivity contribution in [2.24, 2.45) is 23.7 Å². The monoisotopic (exact) mass is 611 g/mol. The average molecular weight is 612 g/mol. The highest BCUT2D eigenvalue weighted by molar-refractivity contribution is 8.00. The molecule has 0 radical (unpaired) electrons. The fourth-order valence-corrected chi connectivity index (χ4v) is 4.98. The van der Waals surface area contributed by atoms with Gasteiger partial charge in [-0.3, -0.25) is 20.0 Å². The molecule has 0 bridgehead atoms. The molecule has 1 fully saturated rings. The van der Waals surface area contributed by atoms with Crippen LogP contribution in [0.25, 0.3) is 16.9 Å². The topological polar surface area (TPSA) is 146 Å². The highest BCUT2D eigenvalue weighted by Crippen LogP contribution is 2.30. The molecule has 13 heteroatoms. The number of nitrogens with zero attached hydrogens (tertiary/aromatic N) is 5. The van der Waals surface area contributed by atoms with Crippen molar-refractivity contribution in [1.29, 1.82) is 0 Å². The van der Waals surface area contributed by atoms with Crippen molar-refractivity contribution in [2.75, 3.05) is 25.0 Å². The second-order valence-corrected chi connectivity index (χ2v) is 10.2. The Kier molecular flexibility index (Phi) is 12.3. The molecule has 43 heavy (non-hydrogen) atoms. The minimum atomic E-state index is -0.800. The molecule has 2 aromatic carbocycles. The summed E-state index contributed by atoms with van der Waals surface area (Å²) in [6.45, 7) is 8.24. The van der Waals surface area contributed by atoms with Crippen molar-refractivity contribution >= 4 is 23.8 Å². The van der Waals surface area contributed by atoms with Crippen LogP contribution in [0, 0.1) is 18.6 Å². The Morgan fingerprint density at radius 2 is 1.86 bits per heavy atom. The van der Waals surface area contributed by atoms with Gasteiger partial charge in [0, 0.05) is 48.6 Å². The smallest absolute Gasteiger partial charge is 0.317 e. The maximum absolute atomic E-state index is 13.2. The fraction of sp³-hybridized carbons (Fsp3) is 0.300. The standard InChI is InChI=1S/C15H16N6O.C13H17F2N3S.C2H6/c1-10-13(11-8-17-20(2)9-11)19-21(14(10)18-15(16)22)12-6-4-3-5-7-12;14-12-2-1-9(5-13(12)15)10-3-4-18(6-10)7-11(16)8-19-17;1-2/h3-9H,1-2H3,(H3,16,18,22);1-2,5,8,10H,3-4,6-7,16-17H2;1-2H3/b;11-8-;. The van der Waals surface area contributed by atoms with Gasteiger partial charge < -0.3 is 11.5 Å². The predicted molar refractivity (Wildman–Crippen MR) is 169 cm³/mol. The van der Waals surface area contributed by atoms with Crippen molar-refractivity contribution in [3.8, 4) is 16.9 Å². The number of aromatic nitrogens is 4. The molecule has 2 aromatic heterocycles. The largest absolute Gasteiger partial charge is 0.401 e. The van der Waals surface area contributed by atoms with E-state index < -0.39 is 17.7 Å². The molecule has 4 aromatic rings. The number of hydrogen-bond acceptors (Lipinski definition) is 7. The van der Waals surface area contributed by atoms with Crippen LogP contribution in [0.4, 0.5) is 19.4 Å². The van der Waals surface area contributed by atoms with Crippen LogP contribution in [0.15, 0.2) is 72.0 Å². The van der Waals surface area contributed by atoms with Crippen molar-refractivity contribution < 1.29 is 13.6 Å². The SMILES string of the molecule is CC.Cc1c(-c2cnn(C)c2)nn(-c2ccccc2)c1NC(N)=O.NS/C=C(\N)CN1CCC(c2ccc(F)c(F)c2)C1. The molecule has 230 valence electrons. The molecule has 1 atom stereocenters. The maximum Gasteiger partial charge on any atom is 0.317 e. The van der Waals surface area contributed by atoms with Gasteiger partial charge in [-0.05, 0) is 55.6 Å². The zero-order valence-electron chi connectivity index (χ0n) is 24.8. The number of amides is 2. The van der Waals surface area contributed by atoms with E-state index in [9.17, 15) is 13.6 Å². The van der Waals surface area contributed by atoms with E-state index in [1.54, 1.807) is 27.0 Å². The van der Waals surface area contributed by atoms with Gasteiger partial charge in [-0.25, -0.2) is 18.3 Å². The van der Waals surface area contributed by atoms with Gasteiger partial charge in [0.25, 0.3) is 0 Å². The molecule has 1 unspecified atom stereocenters. The number of nitrogens with two attached hydrogens (primary N) is 3. The second kappa shape index (κ2) is 15.9. The number of nitrogens with one attached hydrogen (secondary N) is 1. The molecule has 5 rings (SSSR count). The van der Waals surface area contributed by atoms with E-state index in [2.05, 4.69) is 20.4 Å². The number of carbonyl (C=O) groups is 1. The van der Waals surface area contributed by atoms with Gasteiger partial charge in [-0.1, -0.05) is 50.1 Å². The van der Waals surface area contributed by atoms with Crippen LogP contribution >= 0.6 is 11.9 Å². The molecule has 0 spiro atoms. The maximum atomic E-state index is 13.2. The first-order valence-electron chi connectivity index (χ1n) is 13.8. The molecule has 1 aliphatic heterocycles. The molecule has 10 nitrogen and oxygen atoms in total. The summed E-state index contributed by atoms with van der Waals surface area (Å²) in [7, 11) is 1.84. The van der Waals surface area contributed by atoms with Crippen LogP contribution in [-0.2, 0) is 7.05 Å². The zero-order chi connectivity index (χ0) is 31.5. The molecular weight excluding hydrogens is 572 g/mol. The van der Waals surface area contributed by atoms with Gasteiger partial charge in [0.2, 0.25) is 0 Å².